The predicted molar refractivity (Wildman–Crippen MR) is 93.9 cm³/mol. The zero-order valence-electron chi connectivity index (χ0n) is 13.9. The van der Waals surface area contributed by atoms with Gasteiger partial charge in [-0.2, -0.15) is 0 Å². The number of hydrogen-bond acceptors (Lipinski definition) is 2. The third-order valence-corrected chi connectivity index (χ3v) is 4.14. The molecule has 0 aliphatic heterocycles. The quantitative estimate of drug-likeness (QED) is 0.781. The zero-order valence-corrected chi connectivity index (χ0v) is 15.5. The number of furan rings is 1. The van der Waals surface area contributed by atoms with Crippen molar-refractivity contribution in [3.05, 3.63) is 33.5 Å². The Morgan fingerprint density at radius 2 is 1.90 bits per heavy atom. The Hall–Kier alpha value is -0.800. The fourth-order valence-electron chi connectivity index (χ4n) is 2.76. The summed E-state index contributed by atoms with van der Waals surface area (Å²) < 4.78 is 7.22. The van der Waals surface area contributed by atoms with Gasteiger partial charge in [0.25, 0.3) is 0 Å². The number of hydrogen-bond donors (Lipinski definition) is 1. The topological polar surface area (TPSA) is 25.2 Å². The van der Waals surface area contributed by atoms with Gasteiger partial charge >= 0.3 is 0 Å². The van der Waals surface area contributed by atoms with Gasteiger partial charge in [-0.05, 0) is 58.4 Å². The summed E-state index contributed by atoms with van der Waals surface area (Å²) in [4.78, 5) is 0. The maximum Gasteiger partial charge on any atom is 0.148 e. The van der Waals surface area contributed by atoms with E-state index in [9.17, 15) is 0 Å². The van der Waals surface area contributed by atoms with Crippen LogP contribution in [0.4, 0.5) is 0 Å². The van der Waals surface area contributed by atoms with Gasteiger partial charge in [0.15, 0.2) is 0 Å². The SMILES string of the molecule is Cc1cc(Br)c2oc(CNCC(C)C)c(C(C)(C)C)c2c1. The van der Waals surface area contributed by atoms with Crippen LogP contribution in [0.25, 0.3) is 11.0 Å². The van der Waals surface area contributed by atoms with Crippen molar-refractivity contribution in [2.75, 3.05) is 6.54 Å². The minimum atomic E-state index is 0.0628. The summed E-state index contributed by atoms with van der Waals surface area (Å²) in [7, 11) is 0. The molecule has 1 aromatic heterocycles. The summed E-state index contributed by atoms with van der Waals surface area (Å²) >= 11 is 3.64. The molecule has 0 unspecified atom stereocenters. The lowest BCUT2D eigenvalue weighted by atomic mass is 9.84. The molecule has 116 valence electrons. The van der Waals surface area contributed by atoms with Crippen LogP contribution in [0.15, 0.2) is 21.0 Å². The number of fused-ring (bicyclic) bond motifs is 1. The van der Waals surface area contributed by atoms with Gasteiger partial charge in [0.05, 0.1) is 11.0 Å². The third kappa shape index (κ3) is 3.70. The van der Waals surface area contributed by atoms with Crippen LogP contribution >= 0.6 is 15.9 Å². The lowest BCUT2D eigenvalue weighted by Gasteiger charge is -2.20. The van der Waals surface area contributed by atoms with Gasteiger partial charge in [-0.1, -0.05) is 34.6 Å². The fraction of sp³-hybridized carbons (Fsp3) is 0.556. The molecule has 0 saturated heterocycles. The average molecular weight is 352 g/mol. The first-order valence-electron chi connectivity index (χ1n) is 7.63. The molecule has 1 aromatic carbocycles. The number of benzene rings is 1. The average Bonchev–Trinajstić information content (AvgIpc) is 2.66. The van der Waals surface area contributed by atoms with E-state index in [1.54, 1.807) is 0 Å². The van der Waals surface area contributed by atoms with Crippen molar-refractivity contribution < 1.29 is 4.42 Å². The van der Waals surface area contributed by atoms with Crippen LogP contribution in [0.2, 0.25) is 0 Å². The largest absolute Gasteiger partial charge is 0.458 e. The summed E-state index contributed by atoms with van der Waals surface area (Å²) in [6, 6.07) is 4.35. The Bertz CT molecular complexity index is 635. The van der Waals surface area contributed by atoms with E-state index >= 15 is 0 Å². The second-order valence-electron chi connectivity index (χ2n) is 7.30. The van der Waals surface area contributed by atoms with E-state index in [4.69, 9.17) is 4.42 Å². The van der Waals surface area contributed by atoms with Gasteiger partial charge < -0.3 is 9.73 Å². The molecule has 0 atom stereocenters. The molecule has 0 fully saturated rings. The highest BCUT2D eigenvalue weighted by Crippen LogP contribution is 2.39. The van der Waals surface area contributed by atoms with E-state index in [0.29, 0.717) is 5.92 Å². The Labute approximate surface area is 136 Å². The molecule has 0 aliphatic rings. The summed E-state index contributed by atoms with van der Waals surface area (Å²) in [5.41, 5.74) is 3.60. The van der Waals surface area contributed by atoms with E-state index in [2.05, 4.69) is 74.9 Å². The fourth-order valence-corrected chi connectivity index (χ4v) is 3.42. The van der Waals surface area contributed by atoms with Gasteiger partial charge in [-0.25, -0.2) is 0 Å². The number of aryl methyl sites for hydroxylation is 1. The van der Waals surface area contributed by atoms with Crippen molar-refractivity contribution in [2.24, 2.45) is 5.92 Å². The Morgan fingerprint density at radius 1 is 1.24 bits per heavy atom. The molecule has 0 amide bonds. The van der Waals surface area contributed by atoms with E-state index in [0.717, 1.165) is 28.9 Å². The highest BCUT2D eigenvalue weighted by Gasteiger charge is 2.26. The second-order valence-corrected chi connectivity index (χ2v) is 8.15. The molecular formula is C18H26BrNO. The van der Waals surface area contributed by atoms with Gasteiger partial charge in [-0.3, -0.25) is 0 Å². The number of rotatable bonds is 4. The maximum absolute atomic E-state index is 6.18. The molecule has 2 aromatic rings. The summed E-state index contributed by atoms with van der Waals surface area (Å²) in [6.45, 7) is 15.1. The van der Waals surface area contributed by atoms with Gasteiger partial charge in [-0.15, -0.1) is 0 Å². The molecular weight excluding hydrogens is 326 g/mol. The predicted octanol–water partition coefficient (Wildman–Crippen LogP) is 5.55. The molecule has 3 heteroatoms. The van der Waals surface area contributed by atoms with Crippen LogP contribution in [-0.2, 0) is 12.0 Å². The Morgan fingerprint density at radius 3 is 2.48 bits per heavy atom. The van der Waals surface area contributed by atoms with E-state index in [1.165, 1.54) is 16.5 Å². The standard InChI is InChI=1S/C18H26BrNO/c1-11(2)9-20-10-15-16(18(4,5)6)13-7-12(3)8-14(19)17(13)21-15/h7-8,11,20H,9-10H2,1-6H3. The van der Waals surface area contributed by atoms with E-state index < -0.39 is 0 Å². The number of halogens is 1. The lowest BCUT2D eigenvalue weighted by molar-refractivity contribution is 0.464. The summed E-state index contributed by atoms with van der Waals surface area (Å²) in [5.74, 6) is 1.70. The van der Waals surface area contributed by atoms with Crippen molar-refractivity contribution >= 4 is 26.9 Å². The van der Waals surface area contributed by atoms with Crippen molar-refractivity contribution in [3.63, 3.8) is 0 Å². The van der Waals surface area contributed by atoms with E-state index in [1.807, 2.05) is 0 Å². The summed E-state index contributed by atoms with van der Waals surface area (Å²) in [5, 5.41) is 4.73. The molecule has 0 bridgehead atoms. The maximum atomic E-state index is 6.18. The Balaban J connectivity index is 2.51. The normalized spacial score (nSPS) is 12.6. The molecule has 0 radical (unpaired) electrons. The molecule has 2 nitrogen and oxygen atoms in total. The van der Waals surface area contributed by atoms with Gasteiger partial charge in [0.1, 0.15) is 11.3 Å². The summed E-state index contributed by atoms with van der Waals surface area (Å²) in [6.07, 6.45) is 0. The van der Waals surface area contributed by atoms with Crippen LogP contribution in [0.5, 0.6) is 0 Å². The molecule has 2 rings (SSSR count). The van der Waals surface area contributed by atoms with Crippen LogP contribution in [0.1, 0.15) is 51.5 Å². The molecule has 1 heterocycles. The second kappa shape index (κ2) is 6.13. The minimum Gasteiger partial charge on any atom is -0.458 e. The van der Waals surface area contributed by atoms with Crippen molar-refractivity contribution in [1.29, 1.82) is 0 Å². The van der Waals surface area contributed by atoms with Crippen LogP contribution < -0.4 is 5.32 Å². The van der Waals surface area contributed by atoms with Crippen molar-refractivity contribution in [1.82, 2.24) is 5.32 Å². The monoisotopic (exact) mass is 351 g/mol. The molecule has 21 heavy (non-hydrogen) atoms. The molecule has 0 aliphatic carbocycles. The van der Waals surface area contributed by atoms with Crippen LogP contribution in [0, 0.1) is 12.8 Å². The van der Waals surface area contributed by atoms with Crippen LogP contribution in [-0.4, -0.2) is 6.54 Å². The highest BCUT2D eigenvalue weighted by molar-refractivity contribution is 9.10. The molecule has 0 saturated carbocycles. The Kier molecular flexibility index (Phi) is 4.84. The highest BCUT2D eigenvalue weighted by atomic mass is 79.9. The third-order valence-electron chi connectivity index (χ3n) is 3.55. The lowest BCUT2D eigenvalue weighted by Crippen LogP contribution is -2.21. The van der Waals surface area contributed by atoms with Crippen molar-refractivity contribution in [2.45, 2.75) is 53.5 Å². The van der Waals surface area contributed by atoms with E-state index in [-0.39, 0.29) is 5.41 Å². The molecule has 0 spiro atoms. The first-order valence-corrected chi connectivity index (χ1v) is 8.42. The minimum absolute atomic E-state index is 0.0628. The molecule has 1 N–H and O–H groups in total. The van der Waals surface area contributed by atoms with Crippen LogP contribution in [0.3, 0.4) is 0 Å². The first-order chi connectivity index (χ1) is 9.70. The van der Waals surface area contributed by atoms with Gasteiger partial charge in [0, 0.05) is 10.9 Å². The first kappa shape index (κ1) is 16.6. The number of nitrogens with one attached hydrogen (secondary N) is 1. The van der Waals surface area contributed by atoms with Gasteiger partial charge in [0.2, 0.25) is 0 Å². The van der Waals surface area contributed by atoms with Crippen molar-refractivity contribution in [3.8, 4) is 0 Å². The zero-order chi connectivity index (χ0) is 15.8. The smallest absolute Gasteiger partial charge is 0.148 e.